The van der Waals surface area contributed by atoms with E-state index in [4.69, 9.17) is 9.47 Å². The number of tetrazole rings is 1. The summed E-state index contributed by atoms with van der Waals surface area (Å²) in [5.41, 5.74) is 1.25. The maximum Gasteiger partial charge on any atom is 0.270 e. The van der Waals surface area contributed by atoms with Crippen LogP contribution in [0.4, 0.5) is 5.69 Å². The maximum absolute atomic E-state index is 11.1. The Bertz CT molecular complexity index is 893. The van der Waals surface area contributed by atoms with E-state index >= 15 is 0 Å². The van der Waals surface area contributed by atoms with E-state index in [0.29, 0.717) is 22.7 Å². The van der Waals surface area contributed by atoms with E-state index in [-0.39, 0.29) is 25.6 Å². The molecule has 0 radical (unpaired) electrons. The van der Waals surface area contributed by atoms with Crippen LogP contribution in [0.5, 0.6) is 5.75 Å². The molecule has 0 N–H and O–H groups in total. The van der Waals surface area contributed by atoms with E-state index in [2.05, 4.69) is 15.4 Å². The van der Waals surface area contributed by atoms with E-state index in [1.165, 1.54) is 28.3 Å². The Morgan fingerprint density at radius 3 is 3.12 bits per heavy atom. The molecule has 1 aliphatic heterocycles. The zero-order chi connectivity index (χ0) is 16.5. The molecule has 0 unspecified atom stereocenters. The molecular formula is C14H11N5O4S. The van der Waals surface area contributed by atoms with Gasteiger partial charge in [0.05, 0.1) is 23.0 Å². The third kappa shape index (κ3) is 2.72. The van der Waals surface area contributed by atoms with Crippen LogP contribution in [0.2, 0.25) is 0 Å². The molecule has 0 saturated heterocycles. The van der Waals surface area contributed by atoms with Crippen molar-refractivity contribution in [2.45, 2.75) is 13.2 Å². The molecule has 2 aromatic heterocycles. The van der Waals surface area contributed by atoms with Crippen molar-refractivity contribution in [1.82, 2.24) is 20.2 Å². The maximum atomic E-state index is 11.1. The second-order valence-electron chi connectivity index (χ2n) is 5.08. The summed E-state index contributed by atoms with van der Waals surface area (Å²) < 4.78 is 10.7. The van der Waals surface area contributed by atoms with Crippen LogP contribution in [0.15, 0.2) is 29.6 Å². The molecule has 0 bridgehead atoms. The molecule has 122 valence electrons. The van der Waals surface area contributed by atoms with Crippen LogP contribution in [0.3, 0.4) is 0 Å². The van der Waals surface area contributed by atoms with Gasteiger partial charge in [-0.05, 0) is 16.7 Å². The number of nitro benzene ring substituents is 1. The summed E-state index contributed by atoms with van der Waals surface area (Å²) >= 11 is 1.52. The van der Waals surface area contributed by atoms with Crippen LogP contribution in [-0.4, -0.2) is 31.9 Å². The molecule has 10 heteroatoms. The number of hydrogen-bond acceptors (Lipinski definition) is 8. The van der Waals surface area contributed by atoms with Crippen molar-refractivity contribution in [3.05, 3.63) is 50.9 Å². The van der Waals surface area contributed by atoms with E-state index in [0.717, 1.165) is 4.88 Å². The lowest BCUT2D eigenvalue weighted by molar-refractivity contribution is -0.385. The standard InChI is InChI=1S/C14H11N5O4S/c20-19(21)11-4-9(13-10(5-11)7-22-8-23-13)6-18-16-14(15-17-18)12-2-1-3-24-12/h1-5H,6-8H2. The number of fused-ring (bicyclic) bond motifs is 1. The highest BCUT2D eigenvalue weighted by Gasteiger charge is 2.21. The van der Waals surface area contributed by atoms with Crippen LogP contribution in [-0.2, 0) is 17.9 Å². The number of aromatic nitrogens is 4. The second-order valence-corrected chi connectivity index (χ2v) is 6.03. The Morgan fingerprint density at radius 2 is 2.33 bits per heavy atom. The summed E-state index contributed by atoms with van der Waals surface area (Å²) in [6.45, 7) is 0.612. The van der Waals surface area contributed by atoms with Gasteiger partial charge in [0.15, 0.2) is 6.79 Å². The molecule has 4 rings (SSSR count). The van der Waals surface area contributed by atoms with Crippen molar-refractivity contribution >= 4 is 17.0 Å². The summed E-state index contributed by atoms with van der Waals surface area (Å²) in [7, 11) is 0. The molecule has 3 aromatic rings. The molecule has 1 aliphatic rings. The first-order valence-electron chi connectivity index (χ1n) is 7.03. The molecular weight excluding hydrogens is 334 g/mol. The first-order valence-corrected chi connectivity index (χ1v) is 7.91. The summed E-state index contributed by atoms with van der Waals surface area (Å²) in [5.74, 6) is 1.11. The van der Waals surface area contributed by atoms with Crippen molar-refractivity contribution in [2.75, 3.05) is 6.79 Å². The summed E-state index contributed by atoms with van der Waals surface area (Å²) in [4.78, 5) is 13.0. The summed E-state index contributed by atoms with van der Waals surface area (Å²) in [5, 5.41) is 25.4. The number of benzene rings is 1. The first-order chi connectivity index (χ1) is 11.7. The number of ether oxygens (including phenoxy) is 2. The average Bonchev–Trinajstić information content (AvgIpc) is 3.26. The van der Waals surface area contributed by atoms with Gasteiger partial charge in [-0.1, -0.05) is 6.07 Å². The first kappa shape index (κ1) is 14.7. The summed E-state index contributed by atoms with van der Waals surface area (Å²) in [6.07, 6.45) is 0. The van der Waals surface area contributed by atoms with Crippen molar-refractivity contribution < 1.29 is 14.4 Å². The van der Waals surface area contributed by atoms with E-state index in [1.54, 1.807) is 0 Å². The lowest BCUT2D eigenvalue weighted by atomic mass is 10.1. The molecule has 0 aliphatic carbocycles. The van der Waals surface area contributed by atoms with Gasteiger partial charge in [-0.15, -0.1) is 21.5 Å². The largest absolute Gasteiger partial charge is 0.467 e. The summed E-state index contributed by atoms with van der Waals surface area (Å²) in [6, 6.07) is 6.75. The topological polar surface area (TPSA) is 105 Å². The third-order valence-corrected chi connectivity index (χ3v) is 4.35. The van der Waals surface area contributed by atoms with Crippen molar-refractivity contribution in [3.63, 3.8) is 0 Å². The fourth-order valence-electron chi connectivity index (χ4n) is 2.47. The minimum atomic E-state index is -0.440. The number of hydrogen-bond donors (Lipinski definition) is 0. The molecule has 3 heterocycles. The van der Waals surface area contributed by atoms with Crippen LogP contribution in [0.1, 0.15) is 11.1 Å². The van der Waals surface area contributed by atoms with Crippen LogP contribution < -0.4 is 4.74 Å². The lowest BCUT2D eigenvalue weighted by Crippen LogP contribution is -2.15. The number of non-ortho nitro benzene ring substituents is 1. The average molecular weight is 345 g/mol. The third-order valence-electron chi connectivity index (χ3n) is 3.49. The minimum Gasteiger partial charge on any atom is -0.467 e. The molecule has 0 fully saturated rings. The van der Waals surface area contributed by atoms with Gasteiger partial charge in [0, 0.05) is 23.3 Å². The molecule has 0 spiro atoms. The predicted molar refractivity (Wildman–Crippen MR) is 83.6 cm³/mol. The van der Waals surface area contributed by atoms with Gasteiger partial charge in [-0.25, -0.2) is 0 Å². The van der Waals surface area contributed by atoms with Gasteiger partial charge in [0.1, 0.15) is 5.75 Å². The molecule has 24 heavy (non-hydrogen) atoms. The Morgan fingerprint density at radius 1 is 1.42 bits per heavy atom. The number of thiophene rings is 1. The molecule has 1 aromatic carbocycles. The number of nitro groups is 1. The fraction of sp³-hybridized carbons (Fsp3) is 0.214. The zero-order valence-corrected chi connectivity index (χ0v) is 13.1. The fourth-order valence-corrected chi connectivity index (χ4v) is 3.12. The minimum absolute atomic E-state index is 0.0172. The lowest BCUT2D eigenvalue weighted by Gasteiger charge is -2.20. The van der Waals surface area contributed by atoms with Crippen LogP contribution in [0.25, 0.3) is 10.7 Å². The van der Waals surface area contributed by atoms with Gasteiger partial charge in [-0.3, -0.25) is 10.1 Å². The highest BCUT2D eigenvalue weighted by molar-refractivity contribution is 7.13. The molecule has 9 nitrogen and oxygen atoms in total. The van der Waals surface area contributed by atoms with Gasteiger partial charge >= 0.3 is 0 Å². The Kier molecular flexibility index (Phi) is 3.67. The second kappa shape index (κ2) is 5.98. The van der Waals surface area contributed by atoms with Crippen molar-refractivity contribution in [3.8, 4) is 16.5 Å². The Balaban J connectivity index is 1.69. The molecule has 0 atom stereocenters. The van der Waals surface area contributed by atoms with Gasteiger partial charge in [-0.2, -0.15) is 4.80 Å². The van der Waals surface area contributed by atoms with E-state index < -0.39 is 4.92 Å². The Hall–Kier alpha value is -2.85. The van der Waals surface area contributed by atoms with E-state index in [9.17, 15) is 10.1 Å². The van der Waals surface area contributed by atoms with Gasteiger partial charge in [0.2, 0.25) is 5.82 Å². The predicted octanol–water partition coefficient (Wildman–Crippen LogP) is 2.22. The quantitative estimate of drug-likeness (QED) is 0.527. The highest BCUT2D eigenvalue weighted by Crippen LogP contribution is 2.33. The van der Waals surface area contributed by atoms with Crippen LogP contribution in [0, 0.1) is 10.1 Å². The zero-order valence-electron chi connectivity index (χ0n) is 12.3. The van der Waals surface area contributed by atoms with E-state index in [1.807, 2.05) is 17.5 Å². The molecule has 0 amide bonds. The smallest absolute Gasteiger partial charge is 0.270 e. The van der Waals surface area contributed by atoms with Crippen LogP contribution >= 0.6 is 11.3 Å². The normalized spacial score (nSPS) is 13.3. The van der Waals surface area contributed by atoms with Crippen molar-refractivity contribution in [2.24, 2.45) is 0 Å². The molecule has 0 saturated carbocycles. The SMILES string of the molecule is O=[N+]([O-])c1cc2c(c(Cn3nnc(-c4cccs4)n3)c1)OCOC2. The Labute approximate surface area is 139 Å². The number of nitrogens with zero attached hydrogens (tertiary/aromatic N) is 5. The van der Waals surface area contributed by atoms with Gasteiger partial charge in [0.25, 0.3) is 5.69 Å². The highest BCUT2D eigenvalue weighted by atomic mass is 32.1. The van der Waals surface area contributed by atoms with Gasteiger partial charge < -0.3 is 9.47 Å². The number of rotatable bonds is 4. The van der Waals surface area contributed by atoms with Crippen molar-refractivity contribution in [1.29, 1.82) is 0 Å². The monoisotopic (exact) mass is 345 g/mol.